The summed E-state index contributed by atoms with van der Waals surface area (Å²) in [6, 6.07) is 6.56. The van der Waals surface area contributed by atoms with Crippen LogP contribution in [-0.2, 0) is 11.8 Å². The number of carbonyl (C=O) groups is 2. The van der Waals surface area contributed by atoms with Crippen LogP contribution in [0.2, 0.25) is 0 Å². The molecule has 1 aromatic carbocycles. The van der Waals surface area contributed by atoms with Gasteiger partial charge in [0.15, 0.2) is 0 Å². The van der Waals surface area contributed by atoms with Gasteiger partial charge in [0.2, 0.25) is 11.7 Å². The Morgan fingerprint density at radius 2 is 1.70 bits per heavy atom. The molecule has 3 N–H and O–H groups in total. The van der Waals surface area contributed by atoms with E-state index in [9.17, 15) is 14.4 Å². The lowest BCUT2D eigenvalue weighted by molar-refractivity contribution is -0.114. The Labute approximate surface area is 113 Å². The Bertz CT molecular complexity index is 699. The Balaban J connectivity index is 2.08. The Morgan fingerprint density at radius 1 is 1.15 bits per heavy atom. The smallest absolute Gasteiger partial charge is 0.326 e. The number of hydrogen-bond acceptors (Lipinski definition) is 4. The predicted octanol–water partition coefficient (Wildman–Crippen LogP) is 0.319. The maximum atomic E-state index is 11.8. The predicted molar refractivity (Wildman–Crippen MR) is 72.5 cm³/mol. The van der Waals surface area contributed by atoms with Crippen molar-refractivity contribution in [3.05, 3.63) is 40.6 Å². The van der Waals surface area contributed by atoms with E-state index in [2.05, 4.69) is 20.7 Å². The molecule has 20 heavy (non-hydrogen) atoms. The number of aromatic nitrogens is 3. The summed E-state index contributed by atoms with van der Waals surface area (Å²) in [5.74, 6) is -0.758. The topological polar surface area (TPSA) is 109 Å². The highest BCUT2D eigenvalue weighted by Crippen LogP contribution is 2.13. The molecule has 0 radical (unpaired) electrons. The van der Waals surface area contributed by atoms with Gasteiger partial charge in [-0.3, -0.25) is 14.6 Å². The van der Waals surface area contributed by atoms with Crippen molar-refractivity contribution in [1.29, 1.82) is 0 Å². The molecule has 0 fully saturated rings. The summed E-state index contributed by atoms with van der Waals surface area (Å²) in [5.41, 5.74) is 0.688. The molecule has 0 aliphatic heterocycles. The van der Waals surface area contributed by atoms with Gasteiger partial charge in [-0.15, -0.1) is 5.10 Å². The first-order chi connectivity index (χ1) is 9.45. The van der Waals surface area contributed by atoms with Crippen molar-refractivity contribution in [2.75, 3.05) is 10.6 Å². The normalized spacial score (nSPS) is 10.1. The number of benzene rings is 1. The summed E-state index contributed by atoms with van der Waals surface area (Å²) in [7, 11) is 1.44. The number of nitrogens with zero attached hydrogens (tertiary/aromatic N) is 2. The van der Waals surface area contributed by atoms with E-state index in [-0.39, 0.29) is 11.7 Å². The Hall–Kier alpha value is -2.90. The van der Waals surface area contributed by atoms with Crippen LogP contribution in [0.4, 0.5) is 11.4 Å². The number of hydrogen-bond donors (Lipinski definition) is 3. The molecule has 2 aromatic rings. The maximum absolute atomic E-state index is 11.8. The number of aryl methyl sites for hydroxylation is 1. The molecule has 1 heterocycles. The minimum atomic E-state index is -0.519. The molecule has 2 rings (SSSR count). The summed E-state index contributed by atoms with van der Waals surface area (Å²) in [4.78, 5) is 36.2. The third kappa shape index (κ3) is 3.10. The lowest BCUT2D eigenvalue weighted by Crippen LogP contribution is -2.15. The lowest BCUT2D eigenvalue weighted by Gasteiger charge is -2.05. The molecule has 0 atom stereocenters. The minimum Gasteiger partial charge on any atom is -0.326 e. The highest BCUT2D eigenvalue weighted by Gasteiger charge is 2.11. The summed E-state index contributed by atoms with van der Waals surface area (Å²) < 4.78 is 1.04. The van der Waals surface area contributed by atoms with Gasteiger partial charge in [0.05, 0.1) is 0 Å². The fourth-order valence-corrected chi connectivity index (χ4v) is 1.54. The first kappa shape index (κ1) is 13.5. The van der Waals surface area contributed by atoms with Crippen LogP contribution in [0.5, 0.6) is 0 Å². The summed E-state index contributed by atoms with van der Waals surface area (Å²) in [6.45, 7) is 1.41. The van der Waals surface area contributed by atoms with E-state index in [1.54, 1.807) is 24.3 Å². The summed E-state index contributed by atoms with van der Waals surface area (Å²) >= 11 is 0. The molecule has 0 bridgehead atoms. The van der Waals surface area contributed by atoms with Crippen molar-refractivity contribution in [3.8, 4) is 0 Å². The molecule has 8 heteroatoms. The number of rotatable bonds is 3. The van der Waals surface area contributed by atoms with E-state index in [0.717, 1.165) is 4.68 Å². The van der Waals surface area contributed by atoms with Crippen molar-refractivity contribution in [1.82, 2.24) is 14.8 Å². The van der Waals surface area contributed by atoms with Crippen molar-refractivity contribution in [2.45, 2.75) is 6.92 Å². The van der Waals surface area contributed by atoms with Gasteiger partial charge >= 0.3 is 5.69 Å². The number of amides is 2. The Morgan fingerprint density at radius 3 is 2.15 bits per heavy atom. The van der Waals surface area contributed by atoms with Crippen molar-refractivity contribution in [2.24, 2.45) is 7.05 Å². The monoisotopic (exact) mass is 275 g/mol. The van der Waals surface area contributed by atoms with Gasteiger partial charge in [-0.25, -0.2) is 9.48 Å². The molecule has 0 saturated heterocycles. The standard InChI is InChI=1S/C12H13N5O3/c1-7(18)13-8-3-5-9(6-4-8)14-11(19)10-15-12(20)17(2)16-10/h3-6H,1-2H3,(H,13,18)(H,14,19)(H,15,16,20). The van der Waals surface area contributed by atoms with E-state index < -0.39 is 11.6 Å². The number of aromatic amines is 1. The second-order valence-corrected chi connectivity index (χ2v) is 4.12. The molecule has 0 aliphatic carbocycles. The van der Waals surface area contributed by atoms with Gasteiger partial charge in [-0.1, -0.05) is 0 Å². The van der Waals surface area contributed by atoms with E-state index in [1.807, 2.05) is 0 Å². The van der Waals surface area contributed by atoms with E-state index in [0.29, 0.717) is 11.4 Å². The molecule has 0 aliphatic rings. The van der Waals surface area contributed by atoms with E-state index in [4.69, 9.17) is 0 Å². The van der Waals surface area contributed by atoms with Gasteiger partial charge in [0.25, 0.3) is 5.91 Å². The number of H-pyrrole nitrogens is 1. The van der Waals surface area contributed by atoms with E-state index in [1.165, 1.54) is 14.0 Å². The quantitative estimate of drug-likeness (QED) is 0.749. The number of nitrogens with one attached hydrogen (secondary N) is 3. The summed E-state index contributed by atoms with van der Waals surface area (Å²) in [6.07, 6.45) is 0. The van der Waals surface area contributed by atoms with Crippen LogP contribution in [0, 0.1) is 0 Å². The van der Waals surface area contributed by atoms with Gasteiger partial charge < -0.3 is 10.6 Å². The van der Waals surface area contributed by atoms with Crippen LogP contribution in [0.1, 0.15) is 17.5 Å². The molecular weight excluding hydrogens is 262 g/mol. The van der Waals surface area contributed by atoms with Crippen LogP contribution in [0.25, 0.3) is 0 Å². The first-order valence-electron chi connectivity index (χ1n) is 5.78. The van der Waals surface area contributed by atoms with E-state index >= 15 is 0 Å². The molecule has 0 unspecified atom stereocenters. The molecule has 1 aromatic heterocycles. The second kappa shape index (κ2) is 5.39. The molecule has 0 saturated carbocycles. The highest BCUT2D eigenvalue weighted by atomic mass is 16.2. The second-order valence-electron chi connectivity index (χ2n) is 4.12. The van der Waals surface area contributed by atoms with Crippen molar-refractivity contribution < 1.29 is 9.59 Å². The van der Waals surface area contributed by atoms with Gasteiger partial charge in [-0.05, 0) is 24.3 Å². The third-order valence-electron chi connectivity index (χ3n) is 2.45. The van der Waals surface area contributed by atoms with Crippen molar-refractivity contribution in [3.63, 3.8) is 0 Å². The van der Waals surface area contributed by atoms with Crippen molar-refractivity contribution >= 4 is 23.2 Å². The lowest BCUT2D eigenvalue weighted by atomic mass is 10.2. The van der Waals surface area contributed by atoms with Crippen LogP contribution in [0.3, 0.4) is 0 Å². The van der Waals surface area contributed by atoms with Crippen LogP contribution in [0.15, 0.2) is 29.1 Å². The molecule has 8 nitrogen and oxygen atoms in total. The highest BCUT2D eigenvalue weighted by molar-refractivity contribution is 6.01. The average Bonchev–Trinajstić information content (AvgIpc) is 2.71. The zero-order chi connectivity index (χ0) is 14.7. The molecule has 104 valence electrons. The maximum Gasteiger partial charge on any atom is 0.343 e. The summed E-state index contributed by atoms with van der Waals surface area (Å²) in [5, 5.41) is 8.94. The molecule has 0 spiro atoms. The zero-order valence-corrected chi connectivity index (χ0v) is 10.9. The van der Waals surface area contributed by atoms with Crippen LogP contribution < -0.4 is 16.3 Å². The molecule has 2 amide bonds. The first-order valence-corrected chi connectivity index (χ1v) is 5.78. The SMILES string of the molecule is CC(=O)Nc1ccc(NC(=O)c2nn(C)c(=O)[nH]2)cc1. The van der Waals surface area contributed by atoms with Gasteiger partial charge in [-0.2, -0.15) is 0 Å². The Kier molecular flexibility index (Phi) is 3.65. The van der Waals surface area contributed by atoms with Gasteiger partial charge in [0.1, 0.15) is 0 Å². The zero-order valence-electron chi connectivity index (χ0n) is 10.9. The molecular formula is C12H13N5O3. The van der Waals surface area contributed by atoms with Crippen LogP contribution >= 0.6 is 0 Å². The minimum absolute atomic E-state index is 0.0663. The largest absolute Gasteiger partial charge is 0.343 e. The third-order valence-corrected chi connectivity index (χ3v) is 2.45. The van der Waals surface area contributed by atoms with Crippen LogP contribution in [-0.4, -0.2) is 26.6 Å². The number of anilines is 2. The fraction of sp³-hybridized carbons (Fsp3) is 0.167. The average molecular weight is 275 g/mol. The fourth-order valence-electron chi connectivity index (χ4n) is 1.54. The van der Waals surface area contributed by atoms with Gasteiger partial charge in [0, 0.05) is 25.3 Å². The number of carbonyl (C=O) groups excluding carboxylic acids is 2.